The van der Waals surface area contributed by atoms with E-state index in [0.717, 1.165) is 12.8 Å². The van der Waals surface area contributed by atoms with Crippen molar-refractivity contribution in [2.24, 2.45) is 0 Å². The summed E-state index contributed by atoms with van der Waals surface area (Å²) in [6.07, 6.45) is 1.57. The molecule has 2 amide bonds. The molecule has 2 rings (SSSR count). The molecule has 0 atom stereocenters. The van der Waals surface area contributed by atoms with Gasteiger partial charge in [0.1, 0.15) is 12.4 Å². The van der Waals surface area contributed by atoms with Gasteiger partial charge in [0.25, 0.3) is 5.56 Å². The predicted octanol–water partition coefficient (Wildman–Crippen LogP) is -0.195. The summed E-state index contributed by atoms with van der Waals surface area (Å²) in [5.74, 6) is 0.258. The van der Waals surface area contributed by atoms with Gasteiger partial charge >= 0.3 is 5.69 Å². The number of nitrogens with zero attached hydrogens (tertiary/aromatic N) is 3. The van der Waals surface area contributed by atoms with Crippen LogP contribution in [0.3, 0.4) is 0 Å². The molecule has 0 saturated carbocycles. The third-order valence-electron chi connectivity index (χ3n) is 3.99. The number of rotatable bonds is 7. The van der Waals surface area contributed by atoms with Crippen LogP contribution >= 0.6 is 11.8 Å². The fourth-order valence-electron chi connectivity index (χ4n) is 2.62. The van der Waals surface area contributed by atoms with Gasteiger partial charge in [0.15, 0.2) is 5.69 Å². The third kappa shape index (κ3) is 4.06. The second kappa shape index (κ2) is 8.24. The molecule has 0 spiro atoms. The minimum absolute atomic E-state index is 0.0282. The second-order valence-corrected chi connectivity index (χ2v) is 6.66. The molecule has 2 heterocycles. The van der Waals surface area contributed by atoms with Gasteiger partial charge in [-0.25, -0.2) is 4.79 Å². The molecular formula is C15H23N5O4S. The first kappa shape index (κ1) is 19.1. The summed E-state index contributed by atoms with van der Waals surface area (Å²) in [6, 6.07) is 0. The van der Waals surface area contributed by atoms with Crippen LogP contribution in [0.25, 0.3) is 0 Å². The van der Waals surface area contributed by atoms with E-state index in [2.05, 4.69) is 4.98 Å². The lowest BCUT2D eigenvalue weighted by molar-refractivity contribution is -0.131. The predicted molar refractivity (Wildman–Crippen MR) is 97.7 cm³/mol. The number of thioether (sulfide) groups is 1. The number of hydrogen-bond acceptors (Lipinski definition) is 6. The Morgan fingerprint density at radius 2 is 2.04 bits per heavy atom. The summed E-state index contributed by atoms with van der Waals surface area (Å²) >= 11 is 1.43. The van der Waals surface area contributed by atoms with Gasteiger partial charge < -0.3 is 15.5 Å². The number of aromatic nitrogens is 2. The Labute approximate surface area is 149 Å². The summed E-state index contributed by atoms with van der Waals surface area (Å²) in [5.41, 5.74) is 4.71. The molecule has 0 radical (unpaired) electrons. The number of carbonyl (C=O) groups is 2. The molecule has 1 aliphatic rings. The van der Waals surface area contributed by atoms with E-state index in [1.807, 2.05) is 6.92 Å². The average molecular weight is 369 g/mol. The van der Waals surface area contributed by atoms with Crippen molar-refractivity contribution in [1.82, 2.24) is 14.5 Å². The van der Waals surface area contributed by atoms with Gasteiger partial charge in [-0.2, -0.15) is 0 Å². The van der Waals surface area contributed by atoms with E-state index >= 15 is 0 Å². The molecule has 25 heavy (non-hydrogen) atoms. The Balaban J connectivity index is 2.36. The SMILES string of the molecule is CCCCn1c(N)c(N(CC)C(=O)CN2CSCC2=O)c(=O)[nH]c1=O. The van der Waals surface area contributed by atoms with Crippen molar-refractivity contribution in [2.75, 3.05) is 35.4 Å². The molecule has 10 heteroatoms. The number of H-pyrrole nitrogens is 1. The monoisotopic (exact) mass is 369 g/mol. The fraction of sp³-hybridized carbons (Fsp3) is 0.600. The number of likely N-dealkylation sites (N-methyl/N-ethyl adjacent to an activating group) is 1. The first-order valence-corrected chi connectivity index (χ1v) is 9.34. The van der Waals surface area contributed by atoms with E-state index in [9.17, 15) is 19.2 Å². The van der Waals surface area contributed by atoms with Crippen LogP contribution in [0.2, 0.25) is 0 Å². The highest BCUT2D eigenvalue weighted by atomic mass is 32.2. The fourth-order valence-corrected chi connectivity index (χ4v) is 3.53. The number of unbranched alkanes of at least 4 members (excludes halogenated alkanes) is 1. The Morgan fingerprint density at radius 3 is 2.60 bits per heavy atom. The summed E-state index contributed by atoms with van der Waals surface area (Å²) < 4.78 is 1.27. The van der Waals surface area contributed by atoms with E-state index in [0.29, 0.717) is 18.2 Å². The number of nitrogens with two attached hydrogens (primary N) is 1. The molecule has 1 aromatic heterocycles. The highest BCUT2D eigenvalue weighted by molar-refractivity contribution is 8.00. The summed E-state index contributed by atoms with van der Waals surface area (Å²) in [5, 5.41) is 0. The highest BCUT2D eigenvalue weighted by Crippen LogP contribution is 2.19. The summed E-state index contributed by atoms with van der Waals surface area (Å²) in [7, 11) is 0. The molecular weight excluding hydrogens is 346 g/mol. The van der Waals surface area contributed by atoms with Crippen LogP contribution in [-0.2, 0) is 16.1 Å². The topological polar surface area (TPSA) is 121 Å². The maximum absolute atomic E-state index is 12.6. The van der Waals surface area contributed by atoms with Gasteiger partial charge in [0.05, 0.1) is 11.6 Å². The van der Waals surface area contributed by atoms with Crippen LogP contribution in [0.15, 0.2) is 9.59 Å². The van der Waals surface area contributed by atoms with Crippen LogP contribution in [0.4, 0.5) is 11.5 Å². The van der Waals surface area contributed by atoms with Gasteiger partial charge in [0, 0.05) is 13.1 Å². The lowest BCUT2D eigenvalue weighted by atomic mass is 10.3. The molecule has 1 aliphatic heterocycles. The van der Waals surface area contributed by atoms with E-state index in [4.69, 9.17) is 5.73 Å². The minimum Gasteiger partial charge on any atom is -0.383 e. The zero-order valence-corrected chi connectivity index (χ0v) is 15.2. The van der Waals surface area contributed by atoms with E-state index in [1.54, 1.807) is 6.92 Å². The maximum Gasteiger partial charge on any atom is 0.330 e. The van der Waals surface area contributed by atoms with Crippen molar-refractivity contribution in [3.05, 3.63) is 20.8 Å². The summed E-state index contributed by atoms with van der Waals surface area (Å²) in [6.45, 7) is 4.12. The first-order valence-electron chi connectivity index (χ1n) is 8.19. The van der Waals surface area contributed by atoms with Crippen LogP contribution < -0.4 is 21.9 Å². The number of anilines is 2. The van der Waals surface area contributed by atoms with Gasteiger partial charge in [-0.05, 0) is 13.3 Å². The van der Waals surface area contributed by atoms with E-state index in [1.165, 1.54) is 26.1 Å². The number of amides is 2. The number of nitrogens with one attached hydrogen (secondary N) is 1. The van der Waals surface area contributed by atoms with E-state index < -0.39 is 17.2 Å². The highest BCUT2D eigenvalue weighted by Gasteiger charge is 2.28. The maximum atomic E-state index is 12.6. The zero-order valence-electron chi connectivity index (χ0n) is 14.4. The lowest BCUT2D eigenvalue weighted by Crippen LogP contribution is -2.45. The molecule has 1 saturated heterocycles. The van der Waals surface area contributed by atoms with Crippen molar-refractivity contribution in [3.8, 4) is 0 Å². The molecule has 138 valence electrons. The van der Waals surface area contributed by atoms with Crippen molar-refractivity contribution in [2.45, 2.75) is 33.2 Å². The number of nitrogen functional groups attached to an aromatic ring is 1. The van der Waals surface area contributed by atoms with Crippen molar-refractivity contribution in [3.63, 3.8) is 0 Å². The Kier molecular flexibility index (Phi) is 6.29. The quantitative estimate of drug-likeness (QED) is 0.687. The van der Waals surface area contributed by atoms with Gasteiger partial charge in [-0.15, -0.1) is 11.8 Å². The zero-order chi connectivity index (χ0) is 18.6. The number of carbonyl (C=O) groups excluding carboxylic acids is 2. The van der Waals surface area contributed by atoms with Gasteiger partial charge in [0.2, 0.25) is 11.8 Å². The van der Waals surface area contributed by atoms with E-state index in [-0.39, 0.29) is 30.5 Å². The first-order chi connectivity index (χ1) is 11.9. The average Bonchev–Trinajstić information content (AvgIpc) is 2.96. The molecule has 3 N–H and O–H groups in total. The normalized spacial score (nSPS) is 14.2. The van der Waals surface area contributed by atoms with Crippen LogP contribution in [-0.4, -0.2) is 51.0 Å². The Hall–Kier alpha value is -2.23. The van der Waals surface area contributed by atoms with Gasteiger partial charge in [-0.1, -0.05) is 13.3 Å². The minimum atomic E-state index is -0.701. The standard InChI is InChI=1S/C15H23N5O4S/c1-3-5-6-20-13(16)12(14(23)17-15(20)24)19(4-2)10(21)7-18-9-25-8-11(18)22/h3-9,16H2,1-2H3,(H,17,23,24). The Morgan fingerprint density at radius 1 is 1.32 bits per heavy atom. The smallest absolute Gasteiger partial charge is 0.330 e. The molecule has 0 aliphatic carbocycles. The van der Waals surface area contributed by atoms with Crippen LogP contribution in [0.1, 0.15) is 26.7 Å². The van der Waals surface area contributed by atoms with Crippen molar-refractivity contribution < 1.29 is 9.59 Å². The Bertz CT molecular complexity index is 772. The molecule has 1 aromatic rings. The molecule has 0 aromatic carbocycles. The summed E-state index contributed by atoms with van der Waals surface area (Å²) in [4.78, 5) is 53.5. The van der Waals surface area contributed by atoms with Crippen LogP contribution in [0, 0.1) is 0 Å². The third-order valence-corrected chi connectivity index (χ3v) is 4.93. The van der Waals surface area contributed by atoms with Gasteiger partial charge in [-0.3, -0.25) is 23.9 Å². The number of aromatic amines is 1. The second-order valence-electron chi connectivity index (χ2n) is 5.71. The largest absolute Gasteiger partial charge is 0.383 e. The van der Waals surface area contributed by atoms with Crippen molar-refractivity contribution in [1.29, 1.82) is 0 Å². The molecule has 0 unspecified atom stereocenters. The molecule has 0 bridgehead atoms. The van der Waals surface area contributed by atoms with Crippen LogP contribution in [0.5, 0.6) is 0 Å². The molecule has 9 nitrogen and oxygen atoms in total. The van der Waals surface area contributed by atoms with Crippen molar-refractivity contribution >= 4 is 35.1 Å². The molecule has 1 fully saturated rings. The number of hydrogen-bond donors (Lipinski definition) is 2. The lowest BCUT2D eigenvalue weighted by Gasteiger charge is -2.25.